The summed E-state index contributed by atoms with van der Waals surface area (Å²) in [5.41, 5.74) is 9.38. The molecule has 2 amide bonds. The summed E-state index contributed by atoms with van der Waals surface area (Å²) in [5.74, 6) is 1.10. The second kappa shape index (κ2) is 8.57. The number of ether oxygens (including phenoxy) is 1. The average molecular weight is 437 g/mol. The smallest absolute Gasteiger partial charge is 0.320 e. The predicted molar refractivity (Wildman–Crippen MR) is 123 cm³/mol. The van der Waals surface area contributed by atoms with Crippen molar-refractivity contribution >= 4 is 23.4 Å². The van der Waals surface area contributed by atoms with E-state index in [-0.39, 0.29) is 12.1 Å². The number of para-hydroxylation sites is 1. The number of carbonyl (C=O) groups is 1. The summed E-state index contributed by atoms with van der Waals surface area (Å²) < 4.78 is 5.65. The van der Waals surface area contributed by atoms with E-state index in [1.54, 1.807) is 12.1 Å². The van der Waals surface area contributed by atoms with Gasteiger partial charge in [0.1, 0.15) is 11.6 Å². The first kappa shape index (κ1) is 21.2. The lowest BCUT2D eigenvalue weighted by atomic mass is 9.94. The van der Waals surface area contributed by atoms with Crippen molar-refractivity contribution in [3.8, 4) is 17.0 Å². The first-order chi connectivity index (χ1) is 14.8. The number of anilines is 1. The van der Waals surface area contributed by atoms with Gasteiger partial charge in [0, 0.05) is 23.1 Å². The van der Waals surface area contributed by atoms with Crippen LogP contribution in [0.1, 0.15) is 37.4 Å². The highest BCUT2D eigenvalue weighted by Gasteiger charge is 2.24. The van der Waals surface area contributed by atoms with Crippen molar-refractivity contribution in [2.75, 3.05) is 11.9 Å². The van der Waals surface area contributed by atoms with Crippen LogP contribution in [0.2, 0.25) is 5.02 Å². The zero-order valence-corrected chi connectivity index (χ0v) is 18.2. The molecule has 7 heteroatoms. The standard InChI is InChI=1S/C24H25ClN4O2/c1-24(2,26)16-11-9-15(10-12-16)19-7-4-8-21(27-19)29-23(30)28-20-13-14-31-22-17(20)5-3-6-18(22)25/h3-12,20H,13-14,26H2,1-2H3,(H2,27,28,29,30)/t20-/m0/s1. The molecule has 0 spiro atoms. The summed E-state index contributed by atoms with van der Waals surface area (Å²) in [6.07, 6.45) is 0.665. The van der Waals surface area contributed by atoms with Crippen LogP contribution in [0.25, 0.3) is 11.3 Å². The lowest BCUT2D eigenvalue weighted by Crippen LogP contribution is -2.35. The second-order valence-corrected chi connectivity index (χ2v) is 8.56. The second-order valence-electron chi connectivity index (χ2n) is 8.15. The van der Waals surface area contributed by atoms with Crippen molar-refractivity contribution in [2.45, 2.75) is 31.8 Å². The van der Waals surface area contributed by atoms with Crippen molar-refractivity contribution in [3.63, 3.8) is 0 Å². The topological polar surface area (TPSA) is 89.3 Å². The molecular formula is C24H25ClN4O2. The Bertz CT molecular complexity index is 1090. The number of pyridine rings is 1. The minimum Gasteiger partial charge on any atom is -0.492 e. The Kier molecular flexibility index (Phi) is 5.85. The van der Waals surface area contributed by atoms with Crippen molar-refractivity contribution in [3.05, 3.63) is 76.8 Å². The molecule has 1 atom stereocenters. The van der Waals surface area contributed by atoms with Gasteiger partial charge in [-0.2, -0.15) is 0 Å². The van der Waals surface area contributed by atoms with Crippen LogP contribution in [0.15, 0.2) is 60.7 Å². The highest BCUT2D eigenvalue weighted by Crippen LogP contribution is 2.37. The fourth-order valence-corrected chi connectivity index (χ4v) is 3.82. The van der Waals surface area contributed by atoms with Crippen LogP contribution >= 0.6 is 11.6 Å². The zero-order valence-electron chi connectivity index (χ0n) is 17.5. The average Bonchev–Trinajstić information content (AvgIpc) is 2.74. The number of amides is 2. The van der Waals surface area contributed by atoms with Gasteiger partial charge in [-0.3, -0.25) is 5.32 Å². The molecule has 1 aromatic heterocycles. The van der Waals surface area contributed by atoms with E-state index in [0.29, 0.717) is 29.6 Å². The third-order valence-corrected chi connectivity index (χ3v) is 5.54. The highest BCUT2D eigenvalue weighted by atomic mass is 35.5. The van der Waals surface area contributed by atoms with Gasteiger partial charge >= 0.3 is 6.03 Å². The summed E-state index contributed by atoms with van der Waals surface area (Å²) in [5, 5.41) is 6.36. The Morgan fingerprint density at radius 2 is 1.87 bits per heavy atom. The van der Waals surface area contributed by atoms with Crippen LogP contribution in [0.3, 0.4) is 0 Å². The van der Waals surface area contributed by atoms with Gasteiger partial charge in [-0.05, 0) is 37.6 Å². The fraction of sp³-hybridized carbons (Fsp3) is 0.250. The number of halogens is 1. The Morgan fingerprint density at radius 1 is 1.13 bits per heavy atom. The number of nitrogens with zero attached hydrogens (tertiary/aromatic N) is 1. The van der Waals surface area contributed by atoms with Gasteiger partial charge in [-0.25, -0.2) is 9.78 Å². The molecule has 1 aliphatic rings. The number of aromatic nitrogens is 1. The van der Waals surface area contributed by atoms with E-state index in [1.807, 2.05) is 62.4 Å². The van der Waals surface area contributed by atoms with E-state index >= 15 is 0 Å². The molecule has 2 heterocycles. The molecule has 0 fully saturated rings. The maximum atomic E-state index is 12.6. The number of hydrogen-bond donors (Lipinski definition) is 3. The molecule has 3 aromatic rings. The molecule has 1 aliphatic heterocycles. The summed E-state index contributed by atoms with van der Waals surface area (Å²) in [6, 6.07) is 18.5. The molecule has 0 bridgehead atoms. The number of fused-ring (bicyclic) bond motifs is 1. The summed E-state index contributed by atoms with van der Waals surface area (Å²) >= 11 is 6.21. The third kappa shape index (κ3) is 4.81. The monoisotopic (exact) mass is 436 g/mol. The van der Waals surface area contributed by atoms with Crippen molar-refractivity contribution in [1.82, 2.24) is 10.3 Å². The summed E-state index contributed by atoms with van der Waals surface area (Å²) in [4.78, 5) is 17.2. The van der Waals surface area contributed by atoms with Crippen LogP contribution in [-0.2, 0) is 5.54 Å². The molecule has 2 aromatic carbocycles. The minimum absolute atomic E-state index is 0.183. The largest absolute Gasteiger partial charge is 0.492 e. The number of nitrogens with one attached hydrogen (secondary N) is 2. The van der Waals surface area contributed by atoms with Gasteiger partial charge in [0.2, 0.25) is 0 Å². The lowest BCUT2D eigenvalue weighted by molar-refractivity contribution is 0.232. The lowest BCUT2D eigenvalue weighted by Gasteiger charge is -2.27. The van der Waals surface area contributed by atoms with Gasteiger partial charge in [0.25, 0.3) is 0 Å². The van der Waals surface area contributed by atoms with Crippen LogP contribution in [0.4, 0.5) is 10.6 Å². The number of nitrogens with two attached hydrogens (primary N) is 1. The first-order valence-corrected chi connectivity index (χ1v) is 10.5. The Morgan fingerprint density at radius 3 is 2.61 bits per heavy atom. The zero-order chi connectivity index (χ0) is 22.0. The van der Waals surface area contributed by atoms with E-state index in [0.717, 1.165) is 22.4 Å². The van der Waals surface area contributed by atoms with Gasteiger partial charge in [0.15, 0.2) is 0 Å². The van der Waals surface area contributed by atoms with Crippen molar-refractivity contribution in [1.29, 1.82) is 0 Å². The molecule has 0 saturated heterocycles. The number of rotatable bonds is 4. The van der Waals surface area contributed by atoms with E-state index in [1.165, 1.54) is 0 Å². The van der Waals surface area contributed by atoms with Gasteiger partial charge < -0.3 is 15.8 Å². The van der Waals surface area contributed by atoms with E-state index < -0.39 is 5.54 Å². The fourth-order valence-electron chi connectivity index (χ4n) is 3.58. The van der Waals surface area contributed by atoms with Gasteiger partial charge in [-0.1, -0.05) is 54.1 Å². The Balaban J connectivity index is 1.46. The maximum Gasteiger partial charge on any atom is 0.320 e. The maximum absolute atomic E-state index is 12.6. The van der Waals surface area contributed by atoms with Gasteiger partial charge in [0.05, 0.1) is 23.4 Å². The summed E-state index contributed by atoms with van der Waals surface area (Å²) in [7, 11) is 0. The SMILES string of the molecule is CC(C)(N)c1ccc(-c2cccc(NC(=O)N[C@H]3CCOc4c(Cl)cccc43)n2)cc1. The molecule has 4 rings (SSSR count). The molecule has 0 aliphatic carbocycles. The number of urea groups is 1. The molecule has 0 unspecified atom stereocenters. The van der Waals surface area contributed by atoms with Crippen molar-refractivity contribution < 1.29 is 9.53 Å². The van der Waals surface area contributed by atoms with Crippen LogP contribution in [0.5, 0.6) is 5.75 Å². The molecule has 6 nitrogen and oxygen atoms in total. The minimum atomic E-state index is -0.402. The molecular weight excluding hydrogens is 412 g/mol. The van der Waals surface area contributed by atoms with Crippen LogP contribution in [0, 0.1) is 0 Å². The summed E-state index contributed by atoms with van der Waals surface area (Å²) in [6.45, 7) is 4.42. The van der Waals surface area contributed by atoms with Gasteiger partial charge in [-0.15, -0.1) is 0 Å². The quantitative estimate of drug-likeness (QED) is 0.521. The molecule has 4 N–H and O–H groups in total. The Labute approximate surface area is 186 Å². The van der Waals surface area contributed by atoms with Crippen LogP contribution in [-0.4, -0.2) is 17.6 Å². The number of hydrogen-bond acceptors (Lipinski definition) is 4. The normalized spacial score (nSPS) is 15.5. The van der Waals surface area contributed by atoms with Crippen molar-refractivity contribution in [2.24, 2.45) is 5.73 Å². The molecule has 160 valence electrons. The number of benzene rings is 2. The van der Waals surface area contributed by atoms with E-state index in [9.17, 15) is 4.79 Å². The first-order valence-electron chi connectivity index (χ1n) is 10.2. The van der Waals surface area contributed by atoms with Crippen LogP contribution < -0.4 is 21.1 Å². The molecule has 31 heavy (non-hydrogen) atoms. The predicted octanol–water partition coefficient (Wildman–Crippen LogP) is 5.24. The molecule has 0 saturated carbocycles. The van der Waals surface area contributed by atoms with E-state index in [4.69, 9.17) is 22.1 Å². The Hall–Kier alpha value is -3.09. The number of carbonyl (C=O) groups excluding carboxylic acids is 1. The third-order valence-electron chi connectivity index (χ3n) is 5.25. The molecule has 0 radical (unpaired) electrons. The van der Waals surface area contributed by atoms with E-state index in [2.05, 4.69) is 15.6 Å². The highest BCUT2D eigenvalue weighted by molar-refractivity contribution is 6.32.